The minimum absolute atomic E-state index is 0.0254. The Bertz CT molecular complexity index is 814. The van der Waals surface area contributed by atoms with Crippen LogP contribution in [0.3, 0.4) is 0 Å². The van der Waals surface area contributed by atoms with E-state index >= 15 is 0 Å². The average molecular weight is 406 g/mol. The van der Waals surface area contributed by atoms with E-state index in [0.29, 0.717) is 12.5 Å². The molecule has 0 saturated carbocycles. The molecule has 5 heteroatoms. The predicted octanol–water partition coefficient (Wildman–Crippen LogP) is 7.22. The van der Waals surface area contributed by atoms with E-state index in [1.807, 2.05) is 0 Å². The topological polar surface area (TPSA) is 18.5 Å². The van der Waals surface area contributed by atoms with Crippen LogP contribution >= 0.6 is 0 Å². The van der Waals surface area contributed by atoms with Gasteiger partial charge in [-0.15, -0.1) is 0 Å². The van der Waals surface area contributed by atoms with Gasteiger partial charge in [-0.1, -0.05) is 44.7 Å². The largest absolute Gasteiger partial charge is 0.494 e. The van der Waals surface area contributed by atoms with Gasteiger partial charge in [-0.3, -0.25) is 0 Å². The number of ether oxygens (including phenoxy) is 2. The molecule has 1 saturated heterocycles. The minimum atomic E-state index is -1.12. The van der Waals surface area contributed by atoms with E-state index in [1.165, 1.54) is 63.5 Å². The first-order valence-corrected chi connectivity index (χ1v) is 10.5. The molecule has 2 atom stereocenters. The maximum Gasteiger partial charge on any atom is 0.201 e. The van der Waals surface area contributed by atoms with Gasteiger partial charge < -0.3 is 9.47 Å². The van der Waals surface area contributed by atoms with Crippen molar-refractivity contribution < 1.29 is 22.6 Å². The molecule has 0 radical (unpaired) electrons. The summed E-state index contributed by atoms with van der Waals surface area (Å²) in [7, 11) is 1.26. The lowest BCUT2D eigenvalue weighted by atomic mass is 9.90. The van der Waals surface area contributed by atoms with Crippen LogP contribution in [0.4, 0.5) is 13.2 Å². The van der Waals surface area contributed by atoms with Crippen molar-refractivity contribution in [1.82, 2.24) is 0 Å². The summed E-state index contributed by atoms with van der Waals surface area (Å²) in [6, 6.07) is 7.24. The number of rotatable bonds is 8. The van der Waals surface area contributed by atoms with Crippen LogP contribution in [0.2, 0.25) is 0 Å². The Morgan fingerprint density at radius 1 is 0.966 bits per heavy atom. The standard InChI is InChI=1S/C24H29F3O2/c1-3-4-5-6-7-16-8-12-21(29-15-16)17-9-10-18(20(25)14-17)19-11-13-22(28-2)24(27)23(19)26/h9-11,13-14,16,21H,3-8,12,15H2,1-2H3. The van der Waals surface area contributed by atoms with Crippen LogP contribution in [-0.4, -0.2) is 13.7 Å². The van der Waals surface area contributed by atoms with E-state index in [4.69, 9.17) is 9.47 Å². The van der Waals surface area contributed by atoms with Gasteiger partial charge in [-0.05, 0) is 48.9 Å². The summed E-state index contributed by atoms with van der Waals surface area (Å²) in [4.78, 5) is 0. The van der Waals surface area contributed by atoms with Gasteiger partial charge in [0.1, 0.15) is 5.82 Å². The van der Waals surface area contributed by atoms with Crippen molar-refractivity contribution in [1.29, 1.82) is 0 Å². The first-order chi connectivity index (χ1) is 14.0. The van der Waals surface area contributed by atoms with Crippen molar-refractivity contribution >= 4 is 0 Å². The summed E-state index contributed by atoms with van der Waals surface area (Å²) >= 11 is 0. The zero-order chi connectivity index (χ0) is 20.8. The van der Waals surface area contributed by atoms with Gasteiger partial charge in [0, 0.05) is 11.1 Å². The lowest BCUT2D eigenvalue weighted by molar-refractivity contribution is -0.0200. The molecule has 1 heterocycles. The molecule has 0 bridgehead atoms. The number of hydrogen-bond acceptors (Lipinski definition) is 2. The second kappa shape index (κ2) is 10.1. The minimum Gasteiger partial charge on any atom is -0.494 e. The van der Waals surface area contributed by atoms with E-state index in [9.17, 15) is 13.2 Å². The van der Waals surface area contributed by atoms with Gasteiger partial charge in [0.2, 0.25) is 5.82 Å². The molecule has 2 unspecified atom stereocenters. The lowest BCUT2D eigenvalue weighted by Gasteiger charge is -2.29. The molecule has 3 rings (SSSR count). The Kier molecular flexibility index (Phi) is 7.59. The van der Waals surface area contributed by atoms with E-state index in [1.54, 1.807) is 6.07 Å². The Hall–Kier alpha value is -2.01. The number of benzene rings is 2. The zero-order valence-corrected chi connectivity index (χ0v) is 17.1. The third-order valence-electron chi connectivity index (χ3n) is 5.76. The highest BCUT2D eigenvalue weighted by Gasteiger charge is 2.24. The second-order valence-electron chi connectivity index (χ2n) is 7.80. The third-order valence-corrected chi connectivity index (χ3v) is 5.76. The summed E-state index contributed by atoms with van der Waals surface area (Å²) < 4.78 is 53.8. The van der Waals surface area contributed by atoms with E-state index in [2.05, 4.69) is 6.92 Å². The predicted molar refractivity (Wildman–Crippen MR) is 108 cm³/mol. The van der Waals surface area contributed by atoms with Crippen molar-refractivity contribution in [2.45, 2.75) is 58.0 Å². The maximum absolute atomic E-state index is 14.7. The molecule has 0 N–H and O–H groups in total. The SMILES string of the molecule is CCCCCCC1CCC(c2ccc(-c3ccc(OC)c(F)c3F)c(F)c2)OC1. The molecule has 1 fully saturated rings. The Morgan fingerprint density at radius 3 is 2.41 bits per heavy atom. The summed E-state index contributed by atoms with van der Waals surface area (Å²) in [5.74, 6) is -2.45. The van der Waals surface area contributed by atoms with Gasteiger partial charge in [0.05, 0.1) is 19.8 Å². The van der Waals surface area contributed by atoms with Crippen LogP contribution in [0.1, 0.15) is 63.5 Å². The van der Waals surface area contributed by atoms with Crippen LogP contribution in [-0.2, 0) is 4.74 Å². The number of hydrogen-bond donors (Lipinski definition) is 0. The number of halogens is 3. The van der Waals surface area contributed by atoms with E-state index in [0.717, 1.165) is 18.4 Å². The maximum atomic E-state index is 14.7. The fourth-order valence-corrected chi connectivity index (χ4v) is 4.00. The Balaban J connectivity index is 1.66. The van der Waals surface area contributed by atoms with Gasteiger partial charge in [0.25, 0.3) is 0 Å². The summed E-state index contributed by atoms with van der Waals surface area (Å²) in [5.41, 5.74) is 0.645. The van der Waals surface area contributed by atoms with Crippen molar-refractivity contribution in [2.75, 3.05) is 13.7 Å². The smallest absolute Gasteiger partial charge is 0.201 e. The van der Waals surface area contributed by atoms with Gasteiger partial charge in [-0.2, -0.15) is 4.39 Å². The van der Waals surface area contributed by atoms with E-state index in [-0.39, 0.29) is 23.0 Å². The van der Waals surface area contributed by atoms with Crippen LogP contribution in [0, 0.1) is 23.4 Å². The Morgan fingerprint density at radius 2 is 1.76 bits per heavy atom. The van der Waals surface area contributed by atoms with Gasteiger partial charge in [0.15, 0.2) is 11.6 Å². The fraction of sp³-hybridized carbons (Fsp3) is 0.500. The zero-order valence-electron chi connectivity index (χ0n) is 17.1. The molecule has 158 valence electrons. The highest BCUT2D eigenvalue weighted by Crippen LogP contribution is 2.36. The third kappa shape index (κ3) is 5.13. The average Bonchev–Trinajstić information content (AvgIpc) is 2.74. The fourth-order valence-electron chi connectivity index (χ4n) is 4.00. The lowest BCUT2D eigenvalue weighted by Crippen LogP contribution is -2.20. The first kappa shape index (κ1) is 21.7. The van der Waals surface area contributed by atoms with E-state index < -0.39 is 17.5 Å². The molecule has 29 heavy (non-hydrogen) atoms. The molecular weight excluding hydrogens is 377 g/mol. The summed E-state index contributed by atoms with van der Waals surface area (Å²) in [5, 5.41) is 0. The second-order valence-corrected chi connectivity index (χ2v) is 7.80. The molecule has 2 aromatic carbocycles. The highest BCUT2D eigenvalue weighted by molar-refractivity contribution is 5.66. The molecule has 2 aromatic rings. The van der Waals surface area contributed by atoms with Gasteiger partial charge >= 0.3 is 0 Å². The van der Waals surface area contributed by atoms with Crippen LogP contribution in [0.25, 0.3) is 11.1 Å². The molecule has 2 nitrogen and oxygen atoms in total. The molecule has 0 spiro atoms. The summed E-state index contributed by atoms with van der Waals surface area (Å²) in [6.07, 6.45) is 7.97. The van der Waals surface area contributed by atoms with Crippen LogP contribution in [0.5, 0.6) is 5.75 Å². The monoisotopic (exact) mass is 406 g/mol. The molecule has 0 amide bonds. The van der Waals surface area contributed by atoms with Crippen molar-refractivity contribution in [3.8, 4) is 16.9 Å². The Labute approximate surface area is 171 Å². The highest BCUT2D eigenvalue weighted by atomic mass is 19.2. The van der Waals surface area contributed by atoms with Crippen molar-refractivity contribution in [2.24, 2.45) is 5.92 Å². The number of unbranched alkanes of at least 4 members (excludes halogenated alkanes) is 3. The molecule has 0 aliphatic carbocycles. The number of methoxy groups -OCH3 is 1. The molecule has 1 aliphatic heterocycles. The quantitative estimate of drug-likeness (QED) is 0.431. The first-order valence-electron chi connectivity index (χ1n) is 10.5. The van der Waals surface area contributed by atoms with Crippen LogP contribution < -0.4 is 4.74 Å². The molecular formula is C24H29F3O2. The van der Waals surface area contributed by atoms with Gasteiger partial charge in [-0.25, -0.2) is 8.78 Å². The van der Waals surface area contributed by atoms with Crippen LogP contribution in [0.15, 0.2) is 30.3 Å². The molecule has 1 aliphatic rings. The summed E-state index contributed by atoms with van der Waals surface area (Å²) in [6.45, 7) is 2.90. The van der Waals surface area contributed by atoms with Crippen molar-refractivity contribution in [3.63, 3.8) is 0 Å². The molecule has 0 aromatic heterocycles. The normalized spacial score (nSPS) is 19.3. The van der Waals surface area contributed by atoms with Crippen molar-refractivity contribution in [3.05, 3.63) is 53.3 Å².